The molecular formula is C12H17NO3. The Hall–Kier alpha value is -1.39. The van der Waals surface area contributed by atoms with Gasteiger partial charge in [0.05, 0.1) is 13.0 Å². The van der Waals surface area contributed by atoms with E-state index in [0.29, 0.717) is 6.61 Å². The van der Waals surface area contributed by atoms with Crippen molar-refractivity contribution in [3.8, 4) is 0 Å². The number of benzene rings is 1. The zero-order valence-electron chi connectivity index (χ0n) is 9.39. The highest BCUT2D eigenvalue weighted by atomic mass is 16.6. The zero-order valence-corrected chi connectivity index (χ0v) is 9.39. The van der Waals surface area contributed by atoms with Gasteiger partial charge in [-0.3, -0.25) is 4.79 Å². The first-order valence-electron chi connectivity index (χ1n) is 5.19. The number of hydrogen-bond donors (Lipinski definition) is 1. The van der Waals surface area contributed by atoms with E-state index in [-0.39, 0.29) is 25.0 Å². The summed E-state index contributed by atoms with van der Waals surface area (Å²) in [5.74, 6) is -0.298. The molecule has 4 heteroatoms. The van der Waals surface area contributed by atoms with Gasteiger partial charge in [0.15, 0.2) is 0 Å². The molecule has 0 aliphatic rings. The van der Waals surface area contributed by atoms with Crippen LogP contribution in [-0.4, -0.2) is 26.3 Å². The normalized spacial score (nSPS) is 12.1. The van der Waals surface area contributed by atoms with Crippen LogP contribution in [0.2, 0.25) is 0 Å². The van der Waals surface area contributed by atoms with Crippen molar-refractivity contribution in [2.24, 2.45) is 5.73 Å². The molecule has 0 saturated carbocycles. The van der Waals surface area contributed by atoms with Crippen LogP contribution in [0.4, 0.5) is 0 Å². The predicted octanol–water partition coefficient (Wildman–Crippen LogP) is 1.27. The minimum absolute atomic E-state index is 0.188. The molecule has 0 fully saturated rings. The number of carbonyl (C=O) groups is 1. The first-order valence-corrected chi connectivity index (χ1v) is 5.19. The fourth-order valence-corrected chi connectivity index (χ4v) is 1.30. The lowest BCUT2D eigenvalue weighted by Gasteiger charge is -2.11. The fourth-order valence-electron chi connectivity index (χ4n) is 1.30. The van der Waals surface area contributed by atoms with Crippen molar-refractivity contribution in [2.75, 3.05) is 20.3 Å². The van der Waals surface area contributed by atoms with E-state index in [2.05, 4.69) is 0 Å². The van der Waals surface area contributed by atoms with Gasteiger partial charge in [-0.05, 0) is 5.56 Å². The van der Waals surface area contributed by atoms with E-state index >= 15 is 0 Å². The molecule has 0 heterocycles. The van der Waals surface area contributed by atoms with E-state index in [1.165, 1.54) is 0 Å². The van der Waals surface area contributed by atoms with Crippen molar-refractivity contribution >= 4 is 5.97 Å². The highest BCUT2D eigenvalue weighted by Gasteiger charge is 2.11. The van der Waals surface area contributed by atoms with Crippen LogP contribution in [0.5, 0.6) is 0 Å². The summed E-state index contributed by atoms with van der Waals surface area (Å²) >= 11 is 0. The molecule has 1 aromatic rings. The maximum Gasteiger partial charge on any atom is 0.307 e. The molecule has 0 aliphatic heterocycles. The number of methoxy groups -OCH3 is 1. The molecule has 1 atom stereocenters. The Kier molecular flexibility index (Phi) is 5.53. The molecule has 1 rings (SSSR count). The Labute approximate surface area is 95.3 Å². The lowest BCUT2D eigenvalue weighted by Crippen LogP contribution is -2.18. The largest absolute Gasteiger partial charge is 0.463 e. The molecular weight excluding hydrogens is 206 g/mol. The minimum Gasteiger partial charge on any atom is -0.463 e. The van der Waals surface area contributed by atoms with Crippen LogP contribution in [0.1, 0.15) is 18.0 Å². The molecule has 0 radical (unpaired) electrons. The quantitative estimate of drug-likeness (QED) is 0.582. The summed E-state index contributed by atoms with van der Waals surface area (Å²) in [7, 11) is 1.56. The minimum atomic E-state index is -0.309. The van der Waals surface area contributed by atoms with E-state index in [4.69, 9.17) is 15.2 Å². The van der Waals surface area contributed by atoms with Gasteiger partial charge >= 0.3 is 5.97 Å². The zero-order chi connectivity index (χ0) is 11.8. The highest BCUT2D eigenvalue weighted by molar-refractivity contribution is 5.70. The molecule has 0 spiro atoms. The van der Waals surface area contributed by atoms with Crippen molar-refractivity contribution in [3.05, 3.63) is 35.9 Å². The number of carbonyl (C=O) groups excluding carboxylic acids is 1. The van der Waals surface area contributed by atoms with Crippen molar-refractivity contribution in [3.63, 3.8) is 0 Å². The van der Waals surface area contributed by atoms with Crippen molar-refractivity contribution in [1.82, 2.24) is 0 Å². The number of ether oxygens (including phenoxy) is 2. The molecule has 2 N–H and O–H groups in total. The standard InChI is InChI=1S/C12H17NO3/c1-15-7-8-16-12(14)9-11(13)10-5-3-2-4-6-10/h2-6,11H,7-9,13H2,1H3. The number of nitrogens with two attached hydrogens (primary N) is 1. The molecule has 0 saturated heterocycles. The van der Waals surface area contributed by atoms with Crippen LogP contribution in [-0.2, 0) is 14.3 Å². The summed E-state index contributed by atoms with van der Waals surface area (Å²) in [5.41, 5.74) is 6.80. The van der Waals surface area contributed by atoms with Gasteiger partial charge in [-0.15, -0.1) is 0 Å². The summed E-state index contributed by atoms with van der Waals surface area (Å²) in [6, 6.07) is 9.18. The third kappa shape index (κ3) is 4.42. The van der Waals surface area contributed by atoms with Gasteiger partial charge in [0, 0.05) is 13.2 Å². The SMILES string of the molecule is COCCOC(=O)CC(N)c1ccccc1. The van der Waals surface area contributed by atoms with E-state index in [1.54, 1.807) is 7.11 Å². The van der Waals surface area contributed by atoms with Crippen LogP contribution in [0.3, 0.4) is 0 Å². The van der Waals surface area contributed by atoms with Crippen LogP contribution in [0.25, 0.3) is 0 Å². The molecule has 88 valence electrons. The summed E-state index contributed by atoms with van der Waals surface area (Å²) in [6.07, 6.45) is 0.188. The summed E-state index contributed by atoms with van der Waals surface area (Å²) < 4.78 is 9.70. The summed E-state index contributed by atoms with van der Waals surface area (Å²) in [4.78, 5) is 11.3. The van der Waals surface area contributed by atoms with Crippen LogP contribution in [0.15, 0.2) is 30.3 Å². The van der Waals surface area contributed by atoms with Gasteiger partial charge in [-0.1, -0.05) is 30.3 Å². The molecule has 1 unspecified atom stereocenters. The number of esters is 1. The maximum atomic E-state index is 11.3. The third-order valence-corrected chi connectivity index (χ3v) is 2.16. The van der Waals surface area contributed by atoms with Crippen LogP contribution in [0, 0.1) is 0 Å². The number of hydrogen-bond acceptors (Lipinski definition) is 4. The Bertz CT molecular complexity index is 313. The van der Waals surface area contributed by atoms with E-state index in [9.17, 15) is 4.79 Å². The molecule has 0 bridgehead atoms. The Balaban J connectivity index is 2.34. The molecule has 16 heavy (non-hydrogen) atoms. The monoisotopic (exact) mass is 223 g/mol. The molecule has 0 amide bonds. The topological polar surface area (TPSA) is 61.5 Å². The molecule has 1 aromatic carbocycles. The second kappa shape index (κ2) is 6.98. The van der Waals surface area contributed by atoms with Gasteiger partial charge in [-0.25, -0.2) is 0 Å². The van der Waals surface area contributed by atoms with Gasteiger partial charge in [-0.2, -0.15) is 0 Å². The van der Waals surface area contributed by atoms with Crippen molar-refractivity contribution in [2.45, 2.75) is 12.5 Å². The van der Waals surface area contributed by atoms with Crippen LogP contribution < -0.4 is 5.73 Å². The highest BCUT2D eigenvalue weighted by Crippen LogP contribution is 2.13. The second-order valence-electron chi connectivity index (χ2n) is 3.43. The average Bonchev–Trinajstić information content (AvgIpc) is 2.30. The summed E-state index contributed by atoms with van der Waals surface area (Å²) in [6.45, 7) is 0.684. The van der Waals surface area contributed by atoms with Gasteiger partial charge < -0.3 is 15.2 Å². The van der Waals surface area contributed by atoms with Crippen molar-refractivity contribution < 1.29 is 14.3 Å². The number of rotatable bonds is 6. The predicted molar refractivity (Wildman–Crippen MR) is 60.8 cm³/mol. The first-order chi connectivity index (χ1) is 7.74. The summed E-state index contributed by atoms with van der Waals surface area (Å²) in [5, 5.41) is 0. The van der Waals surface area contributed by atoms with Gasteiger partial charge in [0.1, 0.15) is 6.61 Å². The molecule has 4 nitrogen and oxygen atoms in total. The first kappa shape index (κ1) is 12.7. The average molecular weight is 223 g/mol. The second-order valence-corrected chi connectivity index (χ2v) is 3.43. The fraction of sp³-hybridized carbons (Fsp3) is 0.417. The van der Waals surface area contributed by atoms with Gasteiger partial charge in [0.2, 0.25) is 0 Å². The molecule has 0 aliphatic carbocycles. The van der Waals surface area contributed by atoms with E-state index < -0.39 is 0 Å². The molecule has 0 aromatic heterocycles. The van der Waals surface area contributed by atoms with E-state index in [1.807, 2.05) is 30.3 Å². The Morgan fingerprint density at radius 1 is 1.31 bits per heavy atom. The van der Waals surface area contributed by atoms with E-state index in [0.717, 1.165) is 5.56 Å². The lowest BCUT2D eigenvalue weighted by atomic mass is 10.1. The van der Waals surface area contributed by atoms with Gasteiger partial charge in [0.25, 0.3) is 0 Å². The Morgan fingerprint density at radius 2 is 2.00 bits per heavy atom. The Morgan fingerprint density at radius 3 is 2.62 bits per heavy atom. The smallest absolute Gasteiger partial charge is 0.307 e. The maximum absolute atomic E-state index is 11.3. The van der Waals surface area contributed by atoms with Crippen molar-refractivity contribution in [1.29, 1.82) is 0 Å². The van der Waals surface area contributed by atoms with Crippen LogP contribution >= 0.6 is 0 Å². The lowest BCUT2D eigenvalue weighted by molar-refractivity contribution is -0.145. The third-order valence-electron chi connectivity index (χ3n) is 2.16.